The topological polar surface area (TPSA) is 57.6 Å². The molecule has 3 rings (SSSR count). The number of carboxylic acid groups (broad SMARTS) is 1. The Morgan fingerprint density at radius 3 is 2.86 bits per heavy atom. The molecule has 0 bridgehead atoms. The molecule has 1 N–H and O–H groups in total. The van der Waals surface area contributed by atoms with Crippen LogP contribution in [0, 0.1) is 6.92 Å². The highest BCUT2D eigenvalue weighted by Gasteiger charge is 2.36. The van der Waals surface area contributed by atoms with E-state index in [0.717, 1.165) is 16.0 Å². The van der Waals surface area contributed by atoms with E-state index in [4.69, 9.17) is 0 Å². The number of amides is 1. The second-order valence-corrected chi connectivity index (χ2v) is 6.16. The van der Waals surface area contributed by atoms with Gasteiger partial charge in [0, 0.05) is 17.0 Å². The molecule has 0 saturated heterocycles. The van der Waals surface area contributed by atoms with E-state index in [1.807, 2.05) is 30.5 Å². The zero-order chi connectivity index (χ0) is 15.0. The van der Waals surface area contributed by atoms with Gasteiger partial charge in [0.1, 0.15) is 0 Å². The Kier molecular flexibility index (Phi) is 3.51. The van der Waals surface area contributed by atoms with E-state index in [1.165, 1.54) is 4.90 Å². The Labute approximate surface area is 126 Å². The lowest BCUT2D eigenvalue weighted by molar-refractivity contribution is -0.142. The average molecular weight is 301 g/mol. The van der Waals surface area contributed by atoms with Crippen LogP contribution in [0.15, 0.2) is 35.7 Å². The molecule has 108 valence electrons. The molecule has 0 radical (unpaired) electrons. The summed E-state index contributed by atoms with van der Waals surface area (Å²) in [7, 11) is 0. The molecule has 0 fully saturated rings. The van der Waals surface area contributed by atoms with E-state index < -0.39 is 12.0 Å². The Morgan fingerprint density at radius 2 is 2.14 bits per heavy atom. The largest absolute Gasteiger partial charge is 0.479 e. The fourth-order valence-corrected chi connectivity index (χ4v) is 3.65. The number of carboxylic acids is 1. The molecule has 0 saturated carbocycles. The Balaban J connectivity index is 1.98. The fourth-order valence-electron chi connectivity index (χ4n) is 2.75. The number of hydrogen-bond acceptors (Lipinski definition) is 3. The van der Waals surface area contributed by atoms with Gasteiger partial charge in [-0.25, -0.2) is 4.79 Å². The van der Waals surface area contributed by atoms with Gasteiger partial charge in [-0.05, 0) is 42.5 Å². The quantitative estimate of drug-likeness (QED) is 0.928. The lowest BCUT2D eigenvalue weighted by Crippen LogP contribution is -2.43. The van der Waals surface area contributed by atoms with Crippen LogP contribution in [0.1, 0.15) is 32.4 Å². The monoisotopic (exact) mass is 301 g/mol. The number of hydrogen-bond donors (Lipinski definition) is 1. The van der Waals surface area contributed by atoms with E-state index in [1.54, 1.807) is 23.5 Å². The summed E-state index contributed by atoms with van der Waals surface area (Å²) in [6.07, 6.45) is 0.717. The SMILES string of the molecule is Cc1cccc(C(=O)N2CCc3sccc3C2C(=O)O)c1. The van der Waals surface area contributed by atoms with E-state index in [-0.39, 0.29) is 5.91 Å². The maximum atomic E-state index is 12.7. The molecule has 2 aromatic rings. The number of aliphatic carboxylic acids is 1. The van der Waals surface area contributed by atoms with Gasteiger partial charge >= 0.3 is 5.97 Å². The zero-order valence-corrected chi connectivity index (χ0v) is 12.4. The summed E-state index contributed by atoms with van der Waals surface area (Å²) in [5, 5.41) is 11.4. The average Bonchev–Trinajstić information content (AvgIpc) is 2.93. The standard InChI is InChI=1S/C16H15NO3S/c1-10-3-2-4-11(9-10)15(18)17-7-5-13-12(6-8-21-13)14(17)16(19)20/h2-4,6,8-9,14H,5,7H2,1H3,(H,19,20). The number of carbonyl (C=O) groups excluding carboxylic acids is 1. The minimum atomic E-state index is -0.977. The highest BCUT2D eigenvalue weighted by atomic mass is 32.1. The summed E-state index contributed by atoms with van der Waals surface area (Å²) in [4.78, 5) is 26.8. The van der Waals surface area contributed by atoms with Crippen LogP contribution in [0.4, 0.5) is 0 Å². The summed E-state index contributed by atoms with van der Waals surface area (Å²) in [6.45, 7) is 2.36. The van der Waals surface area contributed by atoms with Crippen LogP contribution in [0.25, 0.3) is 0 Å². The first kappa shape index (κ1) is 13.8. The molecule has 1 aliphatic rings. The molecule has 0 aliphatic carbocycles. The summed E-state index contributed by atoms with van der Waals surface area (Å²) in [6, 6.07) is 8.20. The first-order valence-electron chi connectivity index (χ1n) is 6.74. The lowest BCUT2D eigenvalue weighted by Gasteiger charge is -2.33. The van der Waals surface area contributed by atoms with Crippen molar-refractivity contribution in [3.05, 3.63) is 57.3 Å². The van der Waals surface area contributed by atoms with Crippen molar-refractivity contribution < 1.29 is 14.7 Å². The van der Waals surface area contributed by atoms with Gasteiger partial charge in [0.25, 0.3) is 5.91 Å². The van der Waals surface area contributed by atoms with Gasteiger partial charge < -0.3 is 10.0 Å². The summed E-state index contributed by atoms with van der Waals surface area (Å²) in [5.74, 6) is -1.20. The molecule has 1 amide bonds. The van der Waals surface area contributed by atoms with Crippen molar-refractivity contribution in [3.8, 4) is 0 Å². The molecule has 1 aromatic heterocycles. The number of fused-ring (bicyclic) bond motifs is 1. The van der Waals surface area contributed by atoms with Crippen molar-refractivity contribution in [2.75, 3.05) is 6.54 Å². The summed E-state index contributed by atoms with van der Waals surface area (Å²) >= 11 is 1.56. The second kappa shape index (κ2) is 5.33. The summed E-state index contributed by atoms with van der Waals surface area (Å²) in [5.41, 5.74) is 2.28. The number of nitrogens with zero attached hydrogens (tertiary/aromatic N) is 1. The van der Waals surface area contributed by atoms with Gasteiger partial charge in [-0.15, -0.1) is 11.3 Å². The number of carbonyl (C=O) groups is 2. The van der Waals surface area contributed by atoms with Gasteiger partial charge in [-0.1, -0.05) is 17.7 Å². The third kappa shape index (κ3) is 2.45. The molecule has 5 heteroatoms. The van der Waals surface area contributed by atoms with Crippen LogP contribution >= 0.6 is 11.3 Å². The number of thiophene rings is 1. The zero-order valence-electron chi connectivity index (χ0n) is 11.6. The van der Waals surface area contributed by atoms with Gasteiger partial charge in [0.2, 0.25) is 0 Å². The van der Waals surface area contributed by atoms with E-state index >= 15 is 0 Å². The maximum absolute atomic E-state index is 12.7. The van der Waals surface area contributed by atoms with E-state index in [9.17, 15) is 14.7 Å². The third-order valence-corrected chi connectivity index (χ3v) is 4.72. The molecular formula is C16H15NO3S. The number of benzene rings is 1. The van der Waals surface area contributed by atoms with E-state index in [0.29, 0.717) is 18.5 Å². The van der Waals surface area contributed by atoms with Gasteiger partial charge in [0.05, 0.1) is 0 Å². The third-order valence-electron chi connectivity index (χ3n) is 3.73. The van der Waals surface area contributed by atoms with Crippen molar-refractivity contribution >= 4 is 23.2 Å². The van der Waals surface area contributed by atoms with Crippen molar-refractivity contribution in [2.45, 2.75) is 19.4 Å². The van der Waals surface area contributed by atoms with Crippen molar-refractivity contribution in [2.24, 2.45) is 0 Å². The minimum Gasteiger partial charge on any atom is -0.479 e. The van der Waals surface area contributed by atoms with Gasteiger partial charge in [0.15, 0.2) is 6.04 Å². The summed E-state index contributed by atoms with van der Waals surface area (Å²) < 4.78 is 0. The van der Waals surface area contributed by atoms with Gasteiger partial charge in [-0.2, -0.15) is 0 Å². The van der Waals surface area contributed by atoms with Gasteiger partial charge in [-0.3, -0.25) is 4.79 Å². The molecular weight excluding hydrogens is 286 g/mol. The smallest absolute Gasteiger partial charge is 0.331 e. The molecule has 4 nitrogen and oxygen atoms in total. The Hall–Kier alpha value is -2.14. The predicted molar refractivity (Wildman–Crippen MR) is 80.6 cm³/mol. The minimum absolute atomic E-state index is 0.219. The van der Waals surface area contributed by atoms with Crippen LogP contribution in [-0.4, -0.2) is 28.4 Å². The van der Waals surface area contributed by atoms with Crippen LogP contribution in [0.2, 0.25) is 0 Å². The fraction of sp³-hybridized carbons (Fsp3) is 0.250. The first-order chi connectivity index (χ1) is 10.1. The Bertz CT molecular complexity index is 707. The molecule has 1 aromatic carbocycles. The molecule has 0 spiro atoms. The maximum Gasteiger partial charge on any atom is 0.331 e. The molecule has 1 unspecified atom stereocenters. The van der Waals surface area contributed by atoms with Crippen molar-refractivity contribution in [1.82, 2.24) is 4.90 Å². The molecule has 1 aliphatic heterocycles. The van der Waals surface area contributed by atoms with Crippen LogP contribution in [-0.2, 0) is 11.2 Å². The number of aryl methyl sites for hydroxylation is 1. The van der Waals surface area contributed by atoms with Crippen molar-refractivity contribution in [1.29, 1.82) is 0 Å². The second-order valence-electron chi connectivity index (χ2n) is 5.16. The lowest BCUT2D eigenvalue weighted by atomic mass is 9.98. The van der Waals surface area contributed by atoms with Crippen LogP contribution < -0.4 is 0 Å². The highest BCUT2D eigenvalue weighted by molar-refractivity contribution is 7.10. The van der Waals surface area contributed by atoms with Crippen LogP contribution in [0.5, 0.6) is 0 Å². The molecule has 1 atom stereocenters. The molecule has 21 heavy (non-hydrogen) atoms. The normalized spacial score (nSPS) is 17.4. The van der Waals surface area contributed by atoms with E-state index in [2.05, 4.69) is 0 Å². The van der Waals surface area contributed by atoms with Crippen molar-refractivity contribution in [3.63, 3.8) is 0 Å². The predicted octanol–water partition coefficient (Wildman–Crippen LogP) is 2.88. The first-order valence-corrected chi connectivity index (χ1v) is 7.62. The molecule has 2 heterocycles. The highest BCUT2D eigenvalue weighted by Crippen LogP contribution is 2.34. The number of rotatable bonds is 2. The Morgan fingerprint density at radius 1 is 1.33 bits per heavy atom. The van der Waals surface area contributed by atoms with Crippen LogP contribution in [0.3, 0.4) is 0 Å².